The lowest BCUT2D eigenvalue weighted by atomic mass is 10.2. The van der Waals surface area contributed by atoms with Crippen LogP contribution in [0.2, 0.25) is 0 Å². The zero-order chi connectivity index (χ0) is 14.9. The van der Waals surface area contributed by atoms with Crippen LogP contribution in [0.3, 0.4) is 0 Å². The third-order valence-corrected chi connectivity index (χ3v) is 3.90. The second kappa shape index (κ2) is 5.75. The van der Waals surface area contributed by atoms with E-state index in [0.717, 1.165) is 36.6 Å². The van der Waals surface area contributed by atoms with Crippen LogP contribution in [0.5, 0.6) is 0 Å². The Morgan fingerprint density at radius 3 is 2.70 bits per heavy atom. The molecule has 0 aromatic carbocycles. The van der Waals surface area contributed by atoms with Crippen LogP contribution >= 0.6 is 0 Å². The lowest BCUT2D eigenvalue weighted by molar-refractivity contribution is 0.0790. The summed E-state index contributed by atoms with van der Waals surface area (Å²) in [6.45, 7) is 8.15. The molecule has 1 aromatic heterocycles. The van der Waals surface area contributed by atoms with Gasteiger partial charge in [0, 0.05) is 44.0 Å². The Bertz CT molecular complexity index is 517. The van der Waals surface area contributed by atoms with Gasteiger partial charge in [-0.3, -0.25) is 4.79 Å². The monoisotopic (exact) mass is 277 g/mol. The van der Waals surface area contributed by atoms with E-state index in [4.69, 9.17) is 5.73 Å². The molecule has 1 saturated heterocycles. The van der Waals surface area contributed by atoms with Gasteiger partial charge in [0.15, 0.2) is 0 Å². The average molecular weight is 277 g/mol. The van der Waals surface area contributed by atoms with E-state index in [9.17, 15) is 4.79 Å². The number of aromatic nitrogens is 2. The third-order valence-electron chi connectivity index (χ3n) is 3.90. The average Bonchev–Trinajstić information content (AvgIpc) is 2.86. The van der Waals surface area contributed by atoms with Gasteiger partial charge in [0.05, 0.1) is 0 Å². The van der Waals surface area contributed by atoms with Crippen molar-refractivity contribution in [3.63, 3.8) is 0 Å². The molecule has 0 saturated carbocycles. The number of hydrogen-bond donors (Lipinski definition) is 1. The van der Waals surface area contributed by atoms with Crippen LogP contribution in [-0.2, 0) is 0 Å². The van der Waals surface area contributed by atoms with Gasteiger partial charge in [0.25, 0.3) is 5.91 Å². The summed E-state index contributed by atoms with van der Waals surface area (Å²) in [5, 5.41) is 0. The normalized spacial score (nSPS) is 18.4. The summed E-state index contributed by atoms with van der Waals surface area (Å²) in [4.78, 5) is 24.8. The summed E-state index contributed by atoms with van der Waals surface area (Å²) in [7, 11) is 1.76. The zero-order valence-electron chi connectivity index (χ0n) is 12.7. The van der Waals surface area contributed by atoms with Crippen molar-refractivity contribution in [2.24, 2.45) is 5.73 Å². The van der Waals surface area contributed by atoms with Gasteiger partial charge >= 0.3 is 0 Å². The van der Waals surface area contributed by atoms with Crippen molar-refractivity contribution in [2.75, 3.05) is 31.6 Å². The van der Waals surface area contributed by atoms with Gasteiger partial charge in [-0.05, 0) is 27.2 Å². The van der Waals surface area contributed by atoms with Crippen molar-refractivity contribution in [1.29, 1.82) is 0 Å². The van der Waals surface area contributed by atoms with Gasteiger partial charge in [-0.25, -0.2) is 9.97 Å². The molecule has 1 atom stereocenters. The van der Waals surface area contributed by atoms with Gasteiger partial charge in [-0.2, -0.15) is 0 Å². The summed E-state index contributed by atoms with van der Waals surface area (Å²) >= 11 is 0. The maximum absolute atomic E-state index is 12.2. The first-order valence-corrected chi connectivity index (χ1v) is 7.05. The van der Waals surface area contributed by atoms with Crippen LogP contribution < -0.4 is 10.6 Å². The Hall–Kier alpha value is -1.69. The zero-order valence-corrected chi connectivity index (χ0v) is 12.7. The highest BCUT2D eigenvalue weighted by molar-refractivity contribution is 5.90. The minimum absolute atomic E-state index is 0.139. The second-order valence-corrected chi connectivity index (χ2v) is 5.40. The smallest absolute Gasteiger partial charge is 0.291 e. The molecule has 0 bridgehead atoms. The first-order chi connectivity index (χ1) is 9.43. The summed E-state index contributed by atoms with van der Waals surface area (Å²) in [5.74, 6) is 0.978. The first-order valence-electron chi connectivity index (χ1n) is 7.05. The Kier molecular flexibility index (Phi) is 4.23. The molecule has 0 unspecified atom stereocenters. The standard InChI is InChI=1S/C14H23N5O/c1-5-18(4)14(20)12-16-10(3)9(2)13(17-12)19-7-6-11(15)8-19/h11H,5-8,15H2,1-4H3/t11-/m1/s1. The van der Waals surface area contributed by atoms with Crippen molar-refractivity contribution in [3.05, 3.63) is 17.1 Å². The number of nitrogens with zero attached hydrogens (tertiary/aromatic N) is 4. The molecule has 1 aliphatic rings. The summed E-state index contributed by atoms with van der Waals surface area (Å²) < 4.78 is 0. The fourth-order valence-electron chi connectivity index (χ4n) is 2.31. The number of nitrogens with two attached hydrogens (primary N) is 1. The molecule has 110 valence electrons. The van der Waals surface area contributed by atoms with E-state index in [1.807, 2.05) is 20.8 Å². The lowest BCUT2D eigenvalue weighted by Gasteiger charge is -2.21. The lowest BCUT2D eigenvalue weighted by Crippen LogP contribution is -2.31. The molecular formula is C14H23N5O. The quantitative estimate of drug-likeness (QED) is 0.881. The predicted octanol–water partition coefficient (Wildman–Crippen LogP) is 0.723. The first kappa shape index (κ1) is 14.7. The number of carbonyl (C=O) groups excluding carboxylic acids is 1. The van der Waals surface area contributed by atoms with Crippen LogP contribution in [0.4, 0.5) is 5.82 Å². The minimum atomic E-state index is -0.139. The number of carbonyl (C=O) groups is 1. The Labute approximate surface area is 120 Å². The van der Waals surface area contributed by atoms with Crippen LogP contribution in [-0.4, -0.2) is 53.5 Å². The van der Waals surface area contributed by atoms with E-state index in [-0.39, 0.29) is 17.8 Å². The molecule has 0 spiro atoms. The number of amides is 1. The SMILES string of the molecule is CCN(C)C(=O)c1nc(C)c(C)c(N2CC[C@@H](N)C2)n1. The van der Waals surface area contributed by atoms with E-state index in [1.165, 1.54) is 0 Å². The van der Waals surface area contributed by atoms with Crippen LogP contribution in [0.15, 0.2) is 0 Å². The van der Waals surface area contributed by atoms with Gasteiger partial charge in [0.2, 0.25) is 5.82 Å². The summed E-state index contributed by atoms with van der Waals surface area (Å²) in [6, 6.07) is 0.183. The highest BCUT2D eigenvalue weighted by Crippen LogP contribution is 2.23. The molecule has 2 N–H and O–H groups in total. The molecule has 1 aromatic rings. The fourth-order valence-corrected chi connectivity index (χ4v) is 2.31. The maximum Gasteiger partial charge on any atom is 0.291 e. The van der Waals surface area contributed by atoms with Gasteiger partial charge in [-0.1, -0.05) is 0 Å². The van der Waals surface area contributed by atoms with Crippen LogP contribution in [0.25, 0.3) is 0 Å². The van der Waals surface area contributed by atoms with Crippen LogP contribution in [0, 0.1) is 13.8 Å². The molecule has 1 amide bonds. The topological polar surface area (TPSA) is 75.4 Å². The Morgan fingerprint density at radius 2 is 2.15 bits per heavy atom. The van der Waals surface area contributed by atoms with E-state index in [2.05, 4.69) is 14.9 Å². The van der Waals surface area contributed by atoms with Crippen molar-refractivity contribution >= 4 is 11.7 Å². The number of aryl methyl sites for hydroxylation is 1. The number of anilines is 1. The molecule has 6 heteroatoms. The molecule has 2 rings (SSSR count). The molecule has 0 aliphatic carbocycles. The predicted molar refractivity (Wildman–Crippen MR) is 78.9 cm³/mol. The van der Waals surface area contributed by atoms with Gasteiger partial charge in [-0.15, -0.1) is 0 Å². The molecule has 6 nitrogen and oxygen atoms in total. The fraction of sp³-hybridized carbons (Fsp3) is 0.643. The van der Waals surface area contributed by atoms with E-state index in [1.54, 1.807) is 11.9 Å². The summed E-state index contributed by atoms with van der Waals surface area (Å²) in [5.41, 5.74) is 7.83. The Morgan fingerprint density at radius 1 is 1.45 bits per heavy atom. The minimum Gasteiger partial charge on any atom is -0.355 e. The van der Waals surface area contributed by atoms with E-state index < -0.39 is 0 Å². The largest absolute Gasteiger partial charge is 0.355 e. The van der Waals surface area contributed by atoms with E-state index >= 15 is 0 Å². The molecule has 1 aliphatic heterocycles. The molecule has 2 heterocycles. The van der Waals surface area contributed by atoms with Crippen LogP contribution in [0.1, 0.15) is 35.2 Å². The van der Waals surface area contributed by atoms with Gasteiger partial charge < -0.3 is 15.5 Å². The highest BCUT2D eigenvalue weighted by atomic mass is 16.2. The summed E-state index contributed by atoms with van der Waals surface area (Å²) in [6.07, 6.45) is 0.959. The highest BCUT2D eigenvalue weighted by Gasteiger charge is 2.25. The molecular weight excluding hydrogens is 254 g/mol. The number of hydrogen-bond acceptors (Lipinski definition) is 5. The van der Waals surface area contributed by atoms with Crippen molar-refractivity contribution in [2.45, 2.75) is 33.2 Å². The maximum atomic E-state index is 12.2. The van der Waals surface area contributed by atoms with Crippen molar-refractivity contribution in [3.8, 4) is 0 Å². The van der Waals surface area contributed by atoms with Crippen molar-refractivity contribution in [1.82, 2.24) is 14.9 Å². The number of rotatable bonds is 3. The molecule has 0 radical (unpaired) electrons. The van der Waals surface area contributed by atoms with E-state index in [0.29, 0.717) is 6.54 Å². The van der Waals surface area contributed by atoms with Crippen molar-refractivity contribution < 1.29 is 4.79 Å². The molecule has 20 heavy (non-hydrogen) atoms. The van der Waals surface area contributed by atoms with Gasteiger partial charge in [0.1, 0.15) is 5.82 Å². The Balaban J connectivity index is 2.37. The molecule has 1 fully saturated rings. The second-order valence-electron chi connectivity index (χ2n) is 5.40. The third kappa shape index (κ3) is 2.75.